The van der Waals surface area contributed by atoms with Gasteiger partial charge in [0.25, 0.3) is 0 Å². The molecule has 184 valence electrons. The highest BCUT2D eigenvalue weighted by atomic mass is 16.5. The molecule has 1 unspecified atom stereocenters. The van der Waals surface area contributed by atoms with Crippen molar-refractivity contribution in [3.63, 3.8) is 0 Å². The smallest absolute Gasteiger partial charge is 0.323 e. The number of pyridine rings is 1. The van der Waals surface area contributed by atoms with Crippen molar-refractivity contribution in [3.8, 4) is 0 Å². The SMILES string of the molecule is COC(=O)C1(C(=O)OC)Cc2ccc(CN3C(=O)C(C)(Cc4cccnc4)c4ccccc43)cc2C1. The molecule has 1 aliphatic carbocycles. The van der Waals surface area contributed by atoms with Gasteiger partial charge in [-0.15, -0.1) is 0 Å². The second-order valence-corrected chi connectivity index (χ2v) is 9.80. The van der Waals surface area contributed by atoms with Crippen molar-refractivity contribution in [2.75, 3.05) is 19.1 Å². The van der Waals surface area contributed by atoms with Gasteiger partial charge in [-0.1, -0.05) is 42.5 Å². The Hall–Kier alpha value is -4.00. The Morgan fingerprint density at radius 3 is 2.36 bits per heavy atom. The lowest BCUT2D eigenvalue weighted by atomic mass is 9.78. The summed E-state index contributed by atoms with van der Waals surface area (Å²) in [6.45, 7) is 2.38. The molecule has 7 nitrogen and oxygen atoms in total. The number of anilines is 1. The Morgan fingerprint density at radius 1 is 0.944 bits per heavy atom. The minimum Gasteiger partial charge on any atom is -0.468 e. The van der Waals surface area contributed by atoms with Crippen LogP contribution >= 0.6 is 0 Å². The first kappa shape index (κ1) is 23.7. The predicted molar refractivity (Wildman–Crippen MR) is 133 cm³/mol. The third kappa shape index (κ3) is 3.66. The number of carbonyl (C=O) groups is 3. The van der Waals surface area contributed by atoms with E-state index in [2.05, 4.69) is 4.98 Å². The van der Waals surface area contributed by atoms with Gasteiger partial charge >= 0.3 is 11.9 Å². The van der Waals surface area contributed by atoms with Gasteiger partial charge in [-0.3, -0.25) is 19.4 Å². The van der Waals surface area contributed by atoms with Crippen LogP contribution in [0.3, 0.4) is 0 Å². The monoisotopic (exact) mass is 484 g/mol. The molecule has 36 heavy (non-hydrogen) atoms. The molecule has 1 aliphatic heterocycles. The van der Waals surface area contributed by atoms with Gasteiger partial charge in [0.15, 0.2) is 5.41 Å². The van der Waals surface area contributed by atoms with E-state index in [1.807, 2.05) is 66.4 Å². The lowest BCUT2D eigenvalue weighted by Crippen LogP contribution is -2.42. The average Bonchev–Trinajstić information content (AvgIpc) is 3.39. The Morgan fingerprint density at radius 2 is 1.67 bits per heavy atom. The first-order valence-electron chi connectivity index (χ1n) is 11.9. The van der Waals surface area contributed by atoms with Crippen molar-refractivity contribution >= 4 is 23.5 Å². The number of hydrogen-bond acceptors (Lipinski definition) is 6. The Bertz CT molecular complexity index is 1340. The summed E-state index contributed by atoms with van der Waals surface area (Å²) in [5.74, 6) is -1.16. The molecule has 0 spiro atoms. The second kappa shape index (κ2) is 8.90. The van der Waals surface area contributed by atoms with Crippen molar-refractivity contribution < 1.29 is 23.9 Å². The first-order chi connectivity index (χ1) is 17.3. The summed E-state index contributed by atoms with van der Waals surface area (Å²) in [5.41, 5.74) is 3.54. The van der Waals surface area contributed by atoms with Gasteiger partial charge < -0.3 is 14.4 Å². The number of fused-ring (bicyclic) bond motifs is 2. The molecule has 0 radical (unpaired) electrons. The van der Waals surface area contributed by atoms with Crippen molar-refractivity contribution in [2.24, 2.45) is 5.41 Å². The molecule has 0 bridgehead atoms. The van der Waals surface area contributed by atoms with E-state index in [1.54, 1.807) is 12.4 Å². The summed E-state index contributed by atoms with van der Waals surface area (Å²) < 4.78 is 9.91. The zero-order valence-electron chi connectivity index (χ0n) is 20.6. The maximum Gasteiger partial charge on any atom is 0.323 e. The lowest BCUT2D eigenvalue weighted by molar-refractivity contribution is -0.168. The minimum absolute atomic E-state index is 0.0338. The topological polar surface area (TPSA) is 85.8 Å². The third-order valence-electron chi connectivity index (χ3n) is 7.54. The van der Waals surface area contributed by atoms with Gasteiger partial charge in [-0.05, 0) is 66.1 Å². The number of carbonyl (C=O) groups excluding carboxylic acids is 3. The van der Waals surface area contributed by atoms with Crippen LogP contribution in [-0.2, 0) is 55.1 Å². The Labute approximate surface area is 210 Å². The average molecular weight is 485 g/mol. The van der Waals surface area contributed by atoms with Crippen LogP contribution < -0.4 is 4.90 Å². The largest absolute Gasteiger partial charge is 0.468 e. The molecule has 2 heterocycles. The summed E-state index contributed by atoms with van der Waals surface area (Å²) in [4.78, 5) is 45.1. The van der Waals surface area contributed by atoms with Crippen LogP contribution in [0.2, 0.25) is 0 Å². The van der Waals surface area contributed by atoms with Gasteiger partial charge in [0.1, 0.15) is 0 Å². The molecule has 1 atom stereocenters. The first-order valence-corrected chi connectivity index (χ1v) is 11.9. The molecule has 1 amide bonds. The number of hydrogen-bond donors (Lipinski definition) is 0. The van der Waals surface area contributed by atoms with E-state index in [-0.39, 0.29) is 18.7 Å². The van der Waals surface area contributed by atoms with Crippen LogP contribution in [0.1, 0.15) is 34.7 Å². The zero-order chi connectivity index (χ0) is 25.5. The molecule has 2 aliphatic rings. The molecule has 1 aromatic heterocycles. The Balaban J connectivity index is 1.45. The highest BCUT2D eigenvalue weighted by Crippen LogP contribution is 2.45. The molecule has 0 saturated carbocycles. The number of para-hydroxylation sites is 1. The lowest BCUT2D eigenvalue weighted by Gasteiger charge is -2.25. The van der Waals surface area contributed by atoms with Crippen molar-refractivity contribution in [3.05, 3.63) is 94.8 Å². The minimum atomic E-state index is -1.37. The zero-order valence-corrected chi connectivity index (χ0v) is 20.6. The van der Waals surface area contributed by atoms with Gasteiger partial charge in [0.2, 0.25) is 5.91 Å². The van der Waals surface area contributed by atoms with E-state index in [1.165, 1.54) is 14.2 Å². The summed E-state index contributed by atoms with van der Waals surface area (Å²) >= 11 is 0. The molecular formula is C29H28N2O5. The van der Waals surface area contributed by atoms with E-state index in [4.69, 9.17) is 9.47 Å². The summed E-state index contributed by atoms with van der Waals surface area (Å²) in [5, 5.41) is 0. The molecule has 2 aromatic carbocycles. The van der Waals surface area contributed by atoms with E-state index in [0.717, 1.165) is 33.5 Å². The number of nitrogens with zero attached hydrogens (tertiary/aromatic N) is 2. The van der Waals surface area contributed by atoms with Crippen LogP contribution in [0.25, 0.3) is 0 Å². The van der Waals surface area contributed by atoms with Gasteiger partial charge in [-0.25, -0.2) is 0 Å². The van der Waals surface area contributed by atoms with E-state index in [9.17, 15) is 14.4 Å². The van der Waals surface area contributed by atoms with Gasteiger partial charge in [0, 0.05) is 18.1 Å². The third-order valence-corrected chi connectivity index (χ3v) is 7.54. The number of aromatic nitrogens is 1. The highest BCUT2D eigenvalue weighted by Gasteiger charge is 2.53. The molecule has 0 fully saturated rings. The normalized spacial score (nSPS) is 19.5. The van der Waals surface area contributed by atoms with Crippen LogP contribution in [0, 0.1) is 5.41 Å². The van der Waals surface area contributed by atoms with Crippen molar-refractivity contribution in [1.29, 1.82) is 0 Å². The molecular weight excluding hydrogens is 456 g/mol. The van der Waals surface area contributed by atoms with Gasteiger partial charge in [0.05, 0.1) is 26.2 Å². The van der Waals surface area contributed by atoms with E-state index in [0.29, 0.717) is 13.0 Å². The van der Waals surface area contributed by atoms with E-state index >= 15 is 0 Å². The number of ether oxygens (including phenoxy) is 2. The molecule has 7 heteroatoms. The number of esters is 2. The van der Waals surface area contributed by atoms with Gasteiger partial charge in [-0.2, -0.15) is 0 Å². The fourth-order valence-corrected chi connectivity index (χ4v) is 5.71. The summed E-state index contributed by atoms with van der Waals surface area (Å²) in [7, 11) is 2.56. The molecule has 3 aromatic rings. The van der Waals surface area contributed by atoms with Crippen molar-refractivity contribution in [1.82, 2.24) is 4.98 Å². The Kier molecular flexibility index (Phi) is 5.86. The highest BCUT2D eigenvalue weighted by molar-refractivity contribution is 6.08. The molecule has 0 N–H and O–H groups in total. The summed E-state index contributed by atoms with van der Waals surface area (Å²) in [6, 6.07) is 17.7. The van der Waals surface area contributed by atoms with Crippen LogP contribution in [-0.4, -0.2) is 37.0 Å². The van der Waals surface area contributed by atoms with Crippen LogP contribution in [0.4, 0.5) is 5.69 Å². The fraction of sp³-hybridized carbons (Fsp3) is 0.310. The molecule has 0 saturated heterocycles. The van der Waals surface area contributed by atoms with Crippen LogP contribution in [0.5, 0.6) is 0 Å². The standard InChI is InChI=1S/C29H28N2O5/c1-28(14-20-7-6-12-30-17-20)23-8-4-5-9-24(23)31(25(28)32)18-19-10-11-21-15-29(26(33)35-2,27(34)36-3)16-22(21)13-19/h4-13,17H,14-16,18H2,1-3H3. The summed E-state index contributed by atoms with van der Waals surface area (Å²) in [6.07, 6.45) is 4.53. The number of amides is 1. The molecule has 5 rings (SSSR count). The van der Waals surface area contributed by atoms with Crippen molar-refractivity contribution in [2.45, 2.75) is 38.1 Å². The fourth-order valence-electron chi connectivity index (χ4n) is 5.71. The number of methoxy groups -OCH3 is 2. The quantitative estimate of drug-likeness (QED) is 0.393. The predicted octanol–water partition coefficient (Wildman–Crippen LogP) is 3.56. The number of rotatable bonds is 6. The maximum atomic E-state index is 13.9. The number of benzene rings is 2. The second-order valence-electron chi connectivity index (χ2n) is 9.80. The van der Waals surface area contributed by atoms with E-state index < -0.39 is 22.8 Å². The van der Waals surface area contributed by atoms with Crippen LogP contribution in [0.15, 0.2) is 67.0 Å². The maximum absolute atomic E-state index is 13.9.